The smallest absolute Gasteiger partial charge is 0.212 e. The van der Waals surface area contributed by atoms with E-state index in [-0.39, 0.29) is 0 Å². The maximum Gasteiger partial charge on any atom is 0.212 e. The molecule has 72 valence electrons. The van der Waals surface area contributed by atoms with Crippen molar-refractivity contribution in [2.24, 2.45) is 0 Å². The second-order valence-electron chi connectivity index (χ2n) is 2.73. The zero-order chi connectivity index (χ0) is 9.84. The van der Waals surface area contributed by atoms with Crippen LogP contribution in [0.15, 0.2) is 0 Å². The summed E-state index contributed by atoms with van der Waals surface area (Å²) >= 11 is 5.06. The third-order valence-electron chi connectivity index (χ3n) is 1.74. The Kier molecular flexibility index (Phi) is 3.42. The van der Waals surface area contributed by atoms with Crippen LogP contribution in [0.25, 0.3) is 0 Å². The van der Waals surface area contributed by atoms with Crippen LogP contribution in [0.5, 0.6) is 0 Å². The van der Waals surface area contributed by atoms with Crippen molar-refractivity contribution in [3.63, 3.8) is 0 Å². The zero-order valence-electron chi connectivity index (χ0n) is 8.18. The summed E-state index contributed by atoms with van der Waals surface area (Å²) in [7, 11) is 0. The summed E-state index contributed by atoms with van der Waals surface area (Å²) < 4.78 is 5.22. The highest BCUT2D eigenvalue weighted by molar-refractivity contribution is 7.80. The van der Waals surface area contributed by atoms with Gasteiger partial charge in [-0.1, -0.05) is 6.92 Å². The van der Waals surface area contributed by atoms with Gasteiger partial charge in [-0.05, 0) is 26.1 Å². The Morgan fingerprint density at radius 3 is 2.69 bits per heavy atom. The van der Waals surface area contributed by atoms with Crippen LogP contribution in [0, 0.1) is 6.92 Å². The highest BCUT2D eigenvalue weighted by Crippen LogP contribution is 2.07. The van der Waals surface area contributed by atoms with E-state index in [0.29, 0.717) is 11.7 Å². The first-order valence-electron chi connectivity index (χ1n) is 4.41. The van der Waals surface area contributed by atoms with Crippen LogP contribution in [0.1, 0.15) is 31.1 Å². The summed E-state index contributed by atoms with van der Waals surface area (Å²) in [4.78, 5) is 7.48. The molecule has 13 heavy (non-hydrogen) atoms. The average Bonchev–Trinajstić information content (AvgIpc) is 2.47. The molecule has 1 N–H and O–H groups in total. The zero-order valence-corrected chi connectivity index (χ0v) is 8.99. The number of hydrogen-bond donors (Lipinski definition) is 1. The summed E-state index contributed by atoms with van der Waals surface area (Å²) in [6.07, 6.45) is 0.885. The summed E-state index contributed by atoms with van der Waals surface area (Å²) in [5, 5.41) is 0.482. The number of nitrogens with one attached hydrogen (secondary N) is 1. The molecule has 0 saturated heterocycles. The number of ether oxygens (including phenoxy) is 1. The van der Waals surface area contributed by atoms with Gasteiger partial charge in [-0.15, -0.1) is 0 Å². The van der Waals surface area contributed by atoms with E-state index >= 15 is 0 Å². The first-order chi connectivity index (χ1) is 6.19. The lowest BCUT2D eigenvalue weighted by Crippen LogP contribution is -2.05. The van der Waals surface area contributed by atoms with E-state index in [1.807, 2.05) is 20.8 Å². The Morgan fingerprint density at radius 2 is 2.23 bits per heavy atom. The molecule has 0 spiro atoms. The molecule has 0 amide bonds. The van der Waals surface area contributed by atoms with Crippen molar-refractivity contribution in [2.75, 3.05) is 6.61 Å². The highest BCUT2D eigenvalue weighted by atomic mass is 32.1. The maximum atomic E-state index is 5.22. The molecule has 0 bridgehead atoms. The second-order valence-corrected chi connectivity index (χ2v) is 3.10. The molecule has 3 nitrogen and oxygen atoms in total. The van der Waals surface area contributed by atoms with Gasteiger partial charge in [0.05, 0.1) is 6.61 Å². The van der Waals surface area contributed by atoms with Gasteiger partial charge in [-0.3, -0.25) is 0 Å². The van der Waals surface area contributed by atoms with Gasteiger partial charge < -0.3 is 9.72 Å². The Balaban J connectivity index is 2.87. The van der Waals surface area contributed by atoms with E-state index in [0.717, 1.165) is 23.6 Å². The van der Waals surface area contributed by atoms with Gasteiger partial charge in [0.15, 0.2) is 0 Å². The van der Waals surface area contributed by atoms with E-state index in [1.54, 1.807) is 0 Å². The third kappa shape index (κ3) is 2.28. The Bertz CT molecular complexity index is 307. The third-order valence-corrected chi connectivity index (χ3v) is 2.05. The summed E-state index contributed by atoms with van der Waals surface area (Å²) in [6.45, 7) is 6.50. The van der Waals surface area contributed by atoms with Gasteiger partial charge in [-0.25, -0.2) is 4.98 Å². The molecule has 0 fully saturated rings. The van der Waals surface area contributed by atoms with Crippen LogP contribution in [-0.2, 0) is 11.2 Å². The van der Waals surface area contributed by atoms with Gasteiger partial charge in [0.2, 0.25) is 5.05 Å². The minimum atomic E-state index is 0.482. The maximum absolute atomic E-state index is 5.22. The van der Waals surface area contributed by atoms with Crippen molar-refractivity contribution in [3.8, 4) is 0 Å². The lowest BCUT2D eigenvalue weighted by atomic mass is 10.4. The van der Waals surface area contributed by atoms with E-state index in [1.165, 1.54) is 0 Å². The number of hydrogen-bond acceptors (Lipinski definition) is 3. The molecule has 0 radical (unpaired) electrons. The van der Waals surface area contributed by atoms with Gasteiger partial charge >= 0.3 is 0 Å². The normalized spacial score (nSPS) is 10.1. The summed E-state index contributed by atoms with van der Waals surface area (Å²) in [5.41, 5.74) is 1.75. The summed E-state index contributed by atoms with van der Waals surface area (Å²) in [5.74, 6) is 0.953. The topological polar surface area (TPSA) is 37.9 Å². The highest BCUT2D eigenvalue weighted by Gasteiger charge is 2.10. The molecule has 0 aliphatic heterocycles. The lowest BCUT2D eigenvalue weighted by Gasteiger charge is -2.01. The van der Waals surface area contributed by atoms with Crippen molar-refractivity contribution >= 4 is 17.3 Å². The molecule has 1 aromatic heterocycles. The fourth-order valence-electron chi connectivity index (χ4n) is 1.09. The molecule has 0 atom stereocenters. The van der Waals surface area contributed by atoms with Gasteiger partial charge in [0.1, 0.15) is 11.5 Å². The monoisotopic (exact) mass is 198 g/mol. The number of aromatic nitrogens is 2. The minimum Gasteiger partial charge on any atom is -0.482 e. The number of H-pyrrole nitrogens is 1. The number of nitrogens with zero attached hydrogens (tertiary/aromatic N) is 1. The molecular formula is C9H14N2OS. The van der Waals surface area contributed by atoms with Gasteiger partial charge in [-0.2, -0.15) is 0 Å². The predicted octanol–water partition coefficient (Wildman–Crippen LogP) is 1.99. The number of thiocarbonyl (C=S) groups is 1. The van der Waals surface area contributed by atoms with E-state index in [4.69, 9.17) is 17.0 Å². The molecule has 0 aliphatic carbocycles. The van der Waals surface area contributed by atoms with Crippen LogP contribution in [-0.4, -0.2) is 21.6 Å². The molecule has 0 aromatic carbocycles. The molecule has 0 unspecified atom stereocenters. The summed E-state index contributed by atoms with van der Waals surface area (Å²) in [6, 6.07) is 0. The second kappa shape index (κ2) is 4.37. The van der Waals surface area contributed by atoms with Crippen LogP contribution < -0.4 is 0 Å². The number of imidazole rings is 1. The van der Waals surface area contributed by atoms with Crippen LogP contribution in [0.2, 0.25) is 0 Å². The molecule has 0 aliphatic rings. The van der Waals surface area contributed by atoms with Crippen molar-refractivity contribution in [1.82, 2.24) is 9.97 Å². The quantitative estimate of drug-likeness (QED) is 0.755. The Labute approximate surface area is 83.5 Å². The Hall–Kier alpha value is -0.900. The van der Waals surface area contributed by atoms with Crippen LogP contribution >= 0.6 is 12.2 Å². The van der Waals surface area contributed by atoms with Crippen molar-refractivity contribution in [3.05, 3.63) is 17.2 Å². The SMILES string of the molecule is CCOC(=S)c1nc(CC)[nH]c1C. The van der Waals surface area contributed by atoms with Gasteiger partial charge in [0.25, 0.3) is 0 Å². The van der Waals surface area contributed by atoms with Crippen molar-refractivity contribution in [2.45, 2.75) is 27.2 Å². The molecule has 0 saturated carbocycles. The lowest BCUT2D eigenvalue weighted by molar-refractivity contribution is 0.336. The average molecular weight is 198 g/mol. The standard InChI is InChI=1S/C9H14N2OS/c1-4-7-10-6(3)8(11-7)9(13)12-5-2/h4-5H2,1-3H3,(H,10,11). The molecule has 1 rings (SSSR count). The molecule has 4 heteroatoms. The first-order valence-corrected chi connectivity index (χ1v) is 4.82. The number of rotatable bonds is 3. The predicted molar refractivity (Wildman–Crippen MR) is 56.0 cm³/mol. The minimum absolute atomic E-state index is 0.482. The van der Waals surface area contributed by atoms with Gasteiger partial charge in [0, 0.05) is 12.1 Å². The van der Waals surface area contributed by atoms with E-state index in [2.05, 4.69) is 9.97 Å². The number of aromatic amines is 1. The molecular weight excluding hydrogens is 184 g/mol. The fourth-order valence-corrected chi connectivity index (χ4v) is 1.40. The molecule has 1 heterocycles. The van der Waals surface area contributed by atoms with Crippen LogP contribution in [0.3, 0.4) is 0 Å². The first kappa shape index (κ1) is 10.2. The van der Waals surface area contributed by atoms with Crippen molar-refractivity contribution < 1.29 is 4.74 Å². The number of aryl methyl sites for hydroxylation is 2. The fraction of sp³-hybridized carbons (Fsp3) is 0.556. The Morgan fingerprint density at radius 1 is 1.54 bits per heavy atom. The molecule has 1 aromatic rings. The van der Waals surface area contributed by atoms with E-state index < -0.39 is 0 Å². The van der Waals surface area contributed by atoms with E-state index in [9.17, 15) is 0 Å². The largest absolute Gasteiger partial charge is 0.482 e. The van der Waals surface area contributed by atoms with Crippen molar-refractivity contribution in [1.29, 1.82) is 0 Å². The van der Waals surface area contributed by atoms with Crippen LogP contribution in [0.4, 0.5) is 0 Å².